The van der Waals surface area contributed by atoms with Crippen LogP contribution in [0.1, 0.15) is 19.3 Å². The minimum Gasteiger partial charge on any atom is -0.479 e. The average molecular weight is 386 g/mol. The van der Waals surface area contributed by atoms with Gasteiger partial charge >= 0.3 is 11.9 Å². The molecule has 12 nitrogen and oxygen atoms in total. The number of aliphatic hydroxyl groups excluding tert-OH is 3. The number of ether oxygens (including phenoxy) is 1. The number of nitrogens with two attached hydrogens (primary N) is 2. The number of nitrogen functional groups attached to an aromatic ring is 2. The summed E-state index contributed by atoms with van der Waals surface area (Å²) in [7, 11) is 0. The Morgan fingerprint density at radius 3 is 2.44 bits per heavy atom. The number of rotatable bonds is 4. The summed E-state index contributed by atoms with van der Waals surface area (Å²) in [5, 5.41) is 38.7. The van der Waals surface area contributed by atoms with Gasteiger partial charge in [-0.05, 0) is 24.0 Å². The molecule has 5 atom stereocenters. The van der Waals surface area contributed by atoms with Gasteiger partial charge in [0.05, 0.1) is 6.07 Å². The van der Waals surface area contributed by atoms with Crippen molar-refractivity contribution in [1.29, 1.82) is 0 Å². The molecule has 3 heterocycles. The molecule has 3 rings (SSSR count). The van der Waals surface area contributed by atoms with Gasteiger partial charge in [0, 0.05) is 13.1 Å². The molecule has 0 saturated carbocycles. The summed E-state index contributed by atoms with van der Waals surface area (Å²) in [5.74, 6) is -1.04. The standard InChI is InChI=1S/C15H23N5O7/c16-7-6-8(19-4-2-1-3-5-19)18-15(17)20(7)27-14-11(23)9(21)10(22)12(26-14)13(24)25/h6,9-12,14,21-23H,1-5H2,(H4,16,17,18,24,25)/p+1. The fourth-order valence-electron chi connectivity index (χ4n) is 3.16. The first kappa shape index (κ1) is 19.4. The second-order valence-electron chi connectivity index (χ2n) is 6.58. The molecule has 12 heteroatoms. The van der Waals surface area contributed by atoms with Crippen LogP contribution in [0.15, 0.2) is 6.07 Å². The topological polar surface area (TPSA) is 188 Å². The van der Waals surface area contributed by atoms with Gasteiger partial charge in [0.25, 0.3) is 6.29 Å². The van der Waals surface area contributed by atoms with Crippen LogP contribution in [0.4, 0.5) is 17.6 Å². The predicted molar refractivity (Wildman–Crippen MR) is 90.2 cm³/mol. The summed E-state index contributed by atoms with van der Waals surface area (Å²) in [6.07, 6.45) is -5.57. The zero-order valence-corrected chi connectivity index (χ0v) is 14.5. The summed E-state index contributed by atoms with van der Waals surface area (Å²) in [6, 6.07) is 1.54. The minimum absolute atomic E-state index is 0.0476. The lowest BCUT2D eigenvalue weighted by Crippen LogP contribution is -2.66. The molecular formula is C15H24N5O7+. The van der Waals surface area contributed by atoms with E-state index < -0.39 is 36.7 Å². The Morgan fingerprint density at radius 2 is 1.85 bits per heavy atom. The molecular weight excluding hydrogens is 362 g/mol. The second-order valence-corrected chi connectivity index (χ2v) is 6.58. The number of carboxylic acid groups (broad SMARTS) is 1. The molecule has 5 unspecified atom stereocenters. The van der Waals surface area contributed by atoms with Crippen LogP contribution in [0.3, 0.4) is 0 Å². The molecule has 0 aliphatic carbocycles. The van der Waals surface area contributed by atoms with Crippen molar-refractivity contribution in [3.05, 3.63) is 6.07 Å². The quantitative estimate of drug-likeness (QED) is 0.287. The first-order valence-corrected chi connectivity index (χ1v) is 8.62. The average Bonchev–Trinajstić information content (AvgIpc) is 2.64. The van der Waals surface area contributed by atoms with Gasteiger partial charge in [-0.25, -0.2) is 4.79 Å². The highest BCUT2D eigenvalue weighted by atomic mass is 16.8. The molecule has 2 fully saturated rings. The van der Waals surface area contributed by atoms with E-state index in [2.05, 4.69) is 4.98 Å². The molecule has 27 heavy (non-hydrogen) atoms. The number of nitrogens with zero attached hydrogens (tertiary/aromatic N) is 3. The lowest BCUT2D eigenvalue weighted by atomic mass is 9.99. The van der Waals surface area contributed by atoms with E-state index in [1.165, 1.54) is 6.07 Å². The number of aliphatic carboxylic acids is 1. The number of carboxylic acids is 1. The van der Waals surface area contributed by atoms with Crippen molar-refractivity contribution in [2.45, 2.75) is 50.0 Å². The largest absolute Gasteiger partial charge is 0.479 e. The second kappa shape index (κ2) is 7.68. The van der Waals surface area contributed by atoms with E-state index in [9.17, 15) is 20.1 Å². The van der Waals surface area contributed by atoms with E-state index in [0.717, 1.165) is 37.1 Å². The third-order valence-electron chi connectivity index (χ3n) is 4.65. The van der Waals surface area contributed by atoms with Crippen LogP contribution in [0, 0.1) is 0 Å². The highest BCUT2D eigenvalue weighted by molar-refractivity contribution is 5.73. The van der Waals surface area contributed by atoms with Gasteiger partial charge in [0.1, 0.15) is 18.3 Å². The third kappa shape index (κ3) is 3.83. The molecule has 0 spiro atoms. The summed E-state index contributed by atoms with van der Waals surface area (Å²) < 4.78 is 5.93. The van der Waals surface area contributed by atoms with Gasteiger partial charge in [0.2, 0.25) is 5.82 Å². The highest BCUT2D eigenvalue weighted by Crippen LogP contribution is 2.22. The monoisotopic (exact) mass is 386 g/mol. The van der Waals surface area contributed by atoms with Crippen molar-refractivity contribution in [2.75, 3.05) is 29.5 Å². The van der Waals surface area contributed by atoms with Crippen LogP contribution in [-0.2, 0) is 9.53 Å². The lowest BCUT2D eigenvalue weighted by molar-refractivity contribution is -0.889. The van der Waals surface area contributed by atoms with Crippen LogP contribution in [0.5, 0.6) is 0 Å². The zero-order chi connectivity index (χ0) is 19.7. The summed E-state index contributed by atoms with van der Waals surface area (Å²) in [4.78, 5) is 22.8. The first-order chi connectivity index (χ1) is 12.8. The minimum atomic E-state index is -1.82. The normalized spacial score (nSPS) is 31.5. The molecule has 0 radical (unpaired) electrons. The molecule has 0 bridgehead atoms. The number of aromatic nitrogens is 2. The van der Waals surface area contributed by atoms with Crippen LogP contribution < -0.4 is 25.9 Å². The molecule has 150 valence electrons. The highest BCUT2D eigenvalue weighted by Gasteiger charge is 2.49. The third-order valence-corrected chi connectivity index (χ3v) is 4.65. The molecule has 2 aliphatic rings. The van der Waals surface area contributed by atoms with E-state index >= 15 is 0 Å². The summed E-state index contributed by atoms with van der Waals surface area (Å²) in [5.41, 5.74) is 11.9. The van der Waals surface area contributed by atoms with Gasteiger partial charge in [-0.1, -0.05) is 4.98 Å². The van der Waals surface area contributed by atoms with Crippen LogP contribution in [0.2, 0.25) is 0 Å². The smallest absolute Gasteiger partial charge is 0.383 e. The van der Waals surface area contributed by atoms with E-state index in [4.69, 9.17) is 26.1 Å². The van der Waals surface area contributed by atoms with E-state index in [0.29, 0.717) is 5.82 Å². The molecule has 1 aromatic rings. The number of hydrogen-bond acceptors (Lipinski definition) is 10. The predicted octanol–water partition coefficient (Wildman–Crippen LogP) is -3.16. The van der Waals surface area contributed by atoms with Crippen LogP contribution in [-0.4, -0.2) is 75.2 Å². The number of aliphatic hydroxyl groups is 3. The molecule has 0 aromatic carbocycles. The Hall–Kier alpha value is -2.41. The fraction of sp³-hybridized carbons (Fsp3) is 0.667. The maximum absolute atomic E-state index is 11.2. The fourth-order valence-corrected chi connectivity index (χ4v) is 3.16. The van der Waals surface area contributed by atoms with Gasteiger partial charge in [-0.3, -0.25) is 0 Å². The van der Waals surface area contributed by atoms with Crippen molar-refractivity contribution in [2.24, 2.45) is 0 Å². The van der Waals surface area contributed by atoms with Gasteiger partial charge < -0.3 is 46.4 Å². The Kier molecular flexibility index (Phi) is 5.51. The molecule has 8 N–H and O–H groups in total. The Morgan fingerprint density at radius 1 is 1.19 bits per heavy atom. The Bertz CT molecular complexity index is 676. The number of piperidine rings is 1. The van der Waals surface area contributed by atoms with Gasteiger partial charge in [0.15, 0.2) is 11.9 Å². The summed E-state index contributed by atoms with van der Waals surface area (Å²) in [6.45, 7) is 1.65. The maximum Gasteiger partial charge on any atom is 0.383 e. The number of carbonyl (C=O) groups is 1. The van der Waals surface area contributed by atoms with Gasteiger partial charge in [-0.2, -0.15) is 0 Å². The lowest BCUT2D eigenvalue weighted by Gasteiger charge is -2.37. The van der Waals surface area contributed by atoms with Crippen molar-refractivity contribution in [3.63, 3.8) is 0 Å². The number of hydrogen-bond donors (Lipinski definition) is 6. The molecule has 2 saturated heterocycles. The first-order valence-electron chi connectivity index (χ1n) is 8.62. The SMILES string of the molecule is Nc1cc(N2CCCCC2)nc(N)[n+]1OC1OC(C(=O)O)C(O)C(O)C1O. The Labute approximate surface area is 154 Å². The number of anilines is 3. The summed E-state index contributed by atoms with van der Waals surface area (Å²) >= 11 is 0. The van der Waals surface area contributed by atoms with Crippen molar-refractivity contribution in [3.8, 4) is 0 Å². The zero-order valence-electron chi connectivity index (χ0n) is 14.5. The molecule has 0 amide bonds. The van der Waals surface area contributed by atoms with Crippen LogP contribution >= 0.6 is 0 Å². The van der Waals surface area contributed by atoms with Crippen molar-refractivity contribution in [1.82, 2.24) is 4.98 Å². The van der Waals surface area contributed by atoms with E-state index in [1.807, 2.05) is 4.90 Å². The molecule has 1 aromatic heterocycles. The Balaban J connectivity index is 1.81. The van der Waals surface area contributed by atoms with Crippen LogP contribution in [0.25, 0.3) is 0 Å². The maximum atomic E-state index is 11.2. The van der Waals surface area contributed by atoms with Crippen molar-refractivity contribution >= 4 is 23.6 Å². The van der Waals surface area contributed by atoms with Gasteiger partial charge in [-0.15, -0.1) is 0 Å². The molecule has 2 aliphatic heterocycles. The van der Waals surface area contributed by atoms with Crippen molar-refractivity contribution < 1.29 is 39.5 Å². The van der Waals surface area contributed by atoms with E-state index in [1.54, 1.807) is 0 Å². The van der Waals surface area contributed by atoms with E-state index in [-0.39, 0.29) is 11.8 Å².